The van der Waals surface area contributed by atoms with Gasteiger partial charge in [0.15, 0.2) is 0 Å². The summed E-state index contributed by atoms with van der Waals surface area (Å²) in [4.78, 5) is 12.3. The molecule has 0 radical (unpaired) electrons. The Morgan fingerprint density at radius 3 is 2.74 bits per heavy atom. The second-order valence-electron chi connectivity index (χ2n) is 5.47. The number of anilines is 1. The Balaban J connectivity index is 1.83. The number of carbonyl (C=O) groups excluding carboxylic acids is 1. The van der Waals surface area contributed by atoms with Crippen molar-refractivity contribution in [2.45, 2.75) is 20.3 Å². The van der Waals surface area contributed by atoms with Crippen LogP contribution in [0.25, 0.3) is 11.0 Å². The third-order valence-corrected chi connectivity index (χ3v) is 4.74. The van der Waals surface area contributed by atoms with Crippen LogP contribution in [0.15, 0.2) is 41.0 Å². The highest BCUT2D eigenvalue weighted by atomic mass is 35.5. The van der Waals surface area contributed by atoms with E-state index in [4.69, 9.17) is 27.6 Å². The number of halogens is 2. The molecule has 5 heteroatoms. The fourth-order valence-electron chi connectivity index (χ4n) is 2.49. The summed E-state index contributed by atoms with van der Waals surface area (Å²) in [5.41, 5.74) is 4.43. The van der Waals surface area contributed by atoms with Crippen molar-refractivity contribution in [3.05, 3.63) is 63.3 Å². The molecule has 0 saturated carbocycles. The van der Waals surface area contributed by atoms with Gasteiger partial charge < -0.3 is 9.73 Å². The van der Waals surface area contributed by atoms with Crippen LogP contribution in [0.2, 0.25) is 10.0 Å². The third kappa shape index (κ3) is 3.07. The summed E-state index contributed by atoms with van der Waals surface area (Å²) < 4.78 is 5.63. The Labute approximate surface area is 144 Å². The van der Waals surface area contributed by atoms with Gasteiger partial charge in [-0.1, -0.05) is 41.4 Å². The van der Waals surface area contributed by atoms with Crippen LogP contribution >= 0.6 is 23.2 Å². The van der Waals surface area contributed by atoms with Gasteiger partial charge >= 0.3 is 0 Å². The van der Waals surface area contributed by atoms with E-state index in [9.17, 15) is 4.79 Å². The van der Waals surface area contributed by atoms with E-state index in [2.05, 4.69) is 5.32 Å². The maximum absolute atomic E-state index is 12.3. The lowest BCUT2D eigenvalue weighted by molar-refractivity contribution is -0.115. The number of hydrogen-bond acceptors (Lipinski definition) is 2. The van der Waals surface area contributed by atoms with Crippen LogP contribution in [0.1, 0.15) is 16.7 Å². The van der Waals surface area contributed by atoms with Crippen LogP contribution in [-0.2, 0) is 11.2 Å². The second kappa shape index (κ2) is 6.26. The average Bonchev–Trinajstić information content (AvgIpc) is 2.91. The predicted octanol–water partition coefficient (Wildman–Crippen LogP) is 5.54. The maximum atomic E-state index is 12.3. The Kier molecular flexibility index (Phi) is 4.33. The zero-order valence-corrected chi connectivity index (χ0v) is 14.3. The first-order chi connectivity index (χ1) is 11.0. The molecule has 0 saturated heterocycles. The highest BCUT2D eigenvalue weighted by Crippen LogP contribution is 2.30. The van der Waals surface area contributed by atoms with Crippen LogP contribution in [0.4, 0.5) is 5.69 Å². The van der Waals surface area contributed by atoms with Crippen molar-refractivity contribution < 1.29 is 9.21 Å². The summed E-state index contributed by atoms with van der Waals surface area (Å²) in [6, 6.07) is 9.14. The zero-order valence-electron chi connectivity index (χ0n) is 12.7. The largest absolute Gasteiger partial charge is 0.464 e. The van der Waals surface area contributed by atoms with E-state index in [-0.39, 0.29) is 12.3 Å². The lowest BCUT2D eigenvalue weighted by Gasteiger charge is -2.07. The minimum absolute atomic E-state index is 0.171. The molecule has 1 heterocycles. The van der Waals surface area contributed by atoms with Crippen molar-refractivity contribution in [2.75, 3.05) is 5.32 Å². The summed E-state index contributed by atoms with van der Waals surface area (Å²) >= 11 is 12.0. The number of rotatable bonds is 3. The molecule has 0 aliphatic carbocycles. The molecule has 3 rings (SSSR count). The number of furan rings is 1. The lowest BCUT2D eigenvalue weighted by atomic mass is 10.0. The van der Waals surface area contributed by atoms with E-state index < -0.39 is 0 Å². The summed E-state index contributed by atoms with van der Waals surface area (Å²) in [5, 5.41) is 4.49. The van der Waals surface area contributed by atoms with Crippen LogP contribution in [0.5, 0.6) is 0 Å². The van der Waals surface area contributed by atoms with Gasteiger partial charge in [-0.25, -0.2) is 0 Å². The molecule has 1 aromatic heterocycles. The third-order valence-electron chi connectivity index (χ3n) is 3.92. The Morgan fingerprint density at radius 2 is 1.96 bits per heavy atom. The van der Waals surface area contributed by atoms with Crippen LogP contribution in [0, 0.1) is 13.8 Å². The van der Waals surface area contributed by atoms with Gasteiger partial charge in [0, 0.05) is 10.9 Å². The van der Waals surface area contributed by atoms with Crippen molar-refractivity contribution in [1.82, 2.24) is 0 Å². The van der Waals surface area contributed by atoms with Crippen LogP contribution < -0.4 is 5.32 Å². The molecule has 2 aromatic carbocycles. The number of nitrogens with one attached hydrogen (secondary N) is 1. The number of fused-ring (bicyclic) bond motifs is 1. The summed E-state index contributed by atoms with van der Waals surface area (Å²) in [6.07, 6.45) is 1.84. The quantitative estimate of drug-likeness (QED) is 0.675. The maximum Gasteiger partial charge on any atom is 0.228 e. The standard InChI is InChI=1S/C18H15Cl2NO2/c1-10-6-7-13-12(9-23-18(13)11(10)2)8-16(22)21-15-5-3-4-14(19)17(15)20/h3-7,9H,8H2,1-2H3,(H,21,22). The molecule has 3 aromatic rings. The molecule has 0 fully saturated rings. The molecule has 23 heavy (non-hydrogen) atoms. The molecule has 0 aliphatic heterocycles. The number of benzene rings is 2. The van der Waals surface area contributed by atoms with Gasteiger partial charge in [-0.3, -0.25) is 4.79 Å². The van der Waals surface area contributed by atoms with Gasteiger partial charge in [-0.05, 0) is 37.1 Å². The fourth-order valence-corrected chi connectivity index (χ4v) is 2.84. The van der Waals surface area contributed by atoms with Gasteiger partial charge in [0.25, 0.3) is 0 Å². The fraction of sp³-hybridized carbons (Fsp3) is 0.167. The van der Waals surface area contributed by atoms with Crippen molar-refractivity contribution in [3.8, 4) is 0 Å². The van der Waals surface area contributed by atoms with E-state index in [1.54, 1.807) is 24.5 Å². The zero-order chi connectivity index (χ0) is 16.6. The molecule has 3 nitrogen and oxygen atoms in total. The lowest BCUT2D eigenvalue weighted by Crippen LogP contribution is -2.14. The molecule has 1 amide bonds. The Bertz CT molecular complexity index is 899. The summed E-state index contributed by atoms with van der Waals surface area (Å²) in [6.45, 7) is 4.04. The molecule has 0 atom stereocenters. The smallest absolute Gasteiger partial charge is 0.228 e. The van der Waals surface area contributed by atoms with Crippen LogP contribution in [-0.4, -0.2) is 5.91 Å². The number of amides is 1. The summed E-state index contributed by atoms with van der Waals surface area (Å²) in [5.74, 6) is -0.171. The Morgan fingerprint density at radius 1 is 1.17 bits per heavy atom. The van der Waals surface area contributed by atoms with Crippen molar-refractivity contribution in [2.24, 2.45) is 0 Å². The van der Waals surface area contributed by atoms with Gasteiger partial charge in [-0.2, -0.15) is 0 Å². The van der Waals surface area contributed by atoms with Gasteiger partial charge in [0.2, 0.25) is 5.91 Å². The SMILES string of the molecule is Cc1ccc2c(CC(=O)Nc3cccc(Cl)c3Cl)coc2c1C. The predicted molar refractivity (Wildman–Crippen MR) is 94.5 cm³/mol. The van der Waals surface area contributed by atoms with Gasteiger partial charge in [0.1, 0.15) is 5.58 Å². The van der Waals surface area contributed by atoms with E-state index >= 15 is 0 Å². The van der Waals surface area contributed by atoms with Crippen LogP contribution in [0.3, 0.4) is 0 Å². The van der Waals surface area contributed by atoms with E-state index in [1.165, 1.54) is 0 Å². The molecule has 118 valence electrons. The molecule has 0 unspecified atom stereocenters. The van der Waals surface area contributed by atoms with E-state index in [1.807, 2.05) is 26.0 Å². The summed E-state index contributed by atoms with van der Waals surface area (Å²) in [7, 11) is 0. The van der Waals surface area contributed by atoms with Crippen molar-refractivity contribution >= 4 is 45.8 Å². The molecule has 1 N–H and O–H groups in total. The molecule has 0 bridgehead atoms. The highest BCUT2D eigenvalue weighted by molar-refractivity contribution is 6.44. The molecule has 0 spiro atoms. The highest BCUT2D eigenvalue weighted by Gasteiger charge is 2.14. The monoisotopic (exact) mass is 347 g/mol. The minimum Gasteiger partial charge on any atom is -0.464 e. The van der Waals surface area contributed by atoms with E-state index in [0.29, 0.717) is 15.7 Å². The first-order valence-electron chi connectivity index (χ1n) is 7.17. The topological polar surface area (TPSA) is 42.2 Å². The number of hydrogen-bond donors (Lipinski definition) is 1. The molecular weight excluding hydrogens is 333 g/mol. The Hall–Kier alpha value is -1.97. The first kappa shape index (κ1) is 15.9. The number of carbonyl (C=O) groups is 1. The van der Waals surface area contributed by atoms with Crippen molar-refractivity contribution in [1.29, 1.82) is 0 Å². The van der Waals surface area contributed by atoms with Gasteiger partial charge in [-0.15, -0.1) is 0 Å². The average molecular weight is 348 g/mol. The molecular formula is C18H15Cl2NO2. The normalized spacial score (nSPS) is 11.0. The minimum atomic E-state index is -0.171. The van der Waals surface area contributed by atoms with Gasteiger partial charge in [0.05, 0.1) is 28.4 Å². The van der Waals surface area contributed by atoms with E-state index in [0.717, 1.165) is 27.7 Å². The number of aryl methyl sites for hydroxylation is 2. The van der Waals surface area contributed by atoms with Crippen molar-refractivity contribution in [3.63, 3.8) is 0 Å². The second-order valence-corrected chi connectivity index (χ2v) is 6.26. The first-order valence-corrected chi connectivity index (χ1v) is 7.93. The molecule has 0 aliphatic rings.